The van der Waals surface area contributed by atoms with E-state index in [2.05, 4.69) is 20.8 Å². The van der Waals surface area contributed by atoms with Gasteiger partial charge in [-0.1, -0.05) is 20.8 Å². The Kier molecular flexibility index (Phi) is 4.78. The molecule has 0 aromatic heterocycles. The summed E-state index contributed by atoms with van der Waals surface area (Å²) in [4.78, 5) is 0. The zero-order valence-electron chi connectivity index (χ0n) is 6.98. The normalized spacial score (nSPS) is 14.3. The summed E-state index contributed by atoms with van der Waals surface area (Å²) in [6.45, 7) is 10.5. The first-order valence-electron chi connectivity index (χ1n) is 3.76. The second-order valence-electron chi connectivity index (χ2n) is 2.88. The summed E-state index contributed by atoms with van der Waals surface area (Å²) in [5, 5.41) is 0. The van der Waals surface area contributed by atoms with E-state index in [0.29, 0.717) is 5.92 Å². The van der Waals surface area contributed by atoms with E-state index in [4.69, 9.17) is 4.74 Å². The first-order chi connectivity index (χ1) is 4.18. The van der Waals surface area contributed by atoms with Crippen LogP contribution in [-0.2, 0) is 4.74 Å². The molecule has 1 nitrogen and oxygen atoms in total. The molecule has 0 N–H and O–H groups in total. The second kappa shape index (κ2) is 4.80. The highest BCUT2D eigenvalue weighted by molar-refractivity contribution is 4.54. The maximum atomic E-state index is 5.26. The average molecular weight is 130 g/mol. The van der Waals surface area contributed by atoms with Gasteiger partial charge in [-0.2, -0.15) is 0 Å². The lowest BCUT2D eigenvalue weighted by Gasteiger charge is -2.14. The highest BCUT2D eigenvalue weighted by Crippen LogP contribution is 2.08. The van der Waals surface area contributed by atoms with Gasteiger partial charge in [0.05, 0.1) is 0 Å². The largest absolute Gasteiger partial charge is 0.381 e. The third-order valence-electron chi connectivity index (χ3n) is 1.72. The van der Waals surface area contributed by atoms with Gasteiger partial charge in [0.25, 0.3) is 0 Å². The molecule has 0 spiro atoms. The van der Waals surface area contributed by atoms with Crippen LogP contribution in [0, 0.1) is 11.8 Å². The van der Waals surface area contributed by atoms with Crippen LogP contribution in [0.1, 0.15) is 27.7 Å². The van der Waals surface area contributed by atoms with E-state index in [1.807, 2.05) is 6.92 Å². The predicted molar refractivity (Wildman–Crippen MR) is 40.5 cm³/mol. The standard InChI is InChI=1S/C8H18O/c1-5-9-6-8(4)7(2)3/h7-8H,5-6H2,1-4H3/t8-/m0/s1. The molecule has 1 heteroatoms. The van der Waals surface area contributed by atoms with Crippen molar-refractivity contribution < 1.29 is 4.74 Å². The molecule has 0 bridgehead atoms. The van der Waals surface area contributed by atoms with Gasteiger partial charge in [0.2, 0.25) is 0 Å². The highest BCUT2D eigenvalue weighted by Gasteiger charge is 2.05. The molecular weight excluding hydrogens is 112 g/mol. The zero-order valence-corrected chi connectivity index (χ0v) is 6.98. The maximum absolute atomic E-state index is 5.26. The van der Waals surface area contributed by atoms with Gasteiger partial charge in [-0.05, 0) is 18.8 Å². The quantitative estimate of drug-likeness (QED) is 0.567. The monoisotopic (exact) mass is 130 g/mol. The van der Waals surface area contributed by atoms with Crippen molar-refractivity contribution in [3.63, 3.8) is 0 Å². The first kappa shape index (κ1) is 8.96. The van der Waals surface area contributed by atoms with Gasteiger partial charge in [0.1, 0.15) is 0 Å². The fraction of sp³-hybridized carbons (Fsp3) is 1.00. The summed E-state index contributed by atoms with van der Waals surface area (Å²) in [7, 11) is 0. The van der Waals surface area contributed by atoms with Crippen LogP contribution in [-0.4, -0.2) is 13.2 Å². The Labute approximate surface area is 58.4 Å². The van der Waals surface area contributed by atoms with Gasteiger partial charge in [0, 0.05) is 13.2 Å². The topological polar surface area (TPSA) is 9.23 Å². The molecule has 0 rings (SSSR count). The van der Waals surface area contributed by atoms with Crippen molar-refractivity contribution >= 4 is 0 Å². The number of hydrogen-bond acceptors (Lipinski definition) is 1. The predicted octanol–water partition coefficient (Wildman–Crippen LogP) is 2.32. The molecule has 0 unspecified atom stereocenters. The molecule has 9 heavy (non-hydrogen) atoms. The van der Waals surface area contributed by atoms with Crippen molar-refractivity contribution in [1.82, 2.24) is 0 Å². The minimum atomic E-state index is 0.699. The number of hydrogen-bond donors (Lipinski definition) is 0. The SMILES string of the molecule is CCOC[C@H](C)C(C)C. The van der Waals surface area contributed by atoms with Crippen molar-refractivity contribution in [3.8, 4) is 0 Å². The van der Waals surface area contributed by atoms with Gasteiger partial charge in [-0.3, -0.25) is 0 Å². The Morgan fingerprint density at radius 2 is 1.78 bits per heavy atom. The molecule has 0 saturated carbocycles. The molecule has 0 aliphatic heterocycles. The summed E-state index contributed by atoms with van der Waals surface area (Å²) in [6, 6.07) is 0. The van der Waals surface area contributed by atoms with Crippen LogP contribution in [0.2, 0.25) is 0 Å². The summed E-state index contributed by atoms with van der Waals surface area (Å²) in [5.41, 5.74) is 0. The van der Waals surface area contributed by atoms with Crippen molar-refractivity contribution in [1.29, 1.82) is 0 Å². The summed E-state index contributed by atoms with van der Waals surface area (Å²) in [6.07, 6.45) is 0. The van der Waals surface area contributed by atoms with Crippen molar-refractivity contribution in [3.05, 3.63) is 0 Å². The molecule has 0 heterocycles. The van der Waals surface area contributed by atoms with E-state index < -0.39 is 0 Å². The summed E-state index contributed by atoms with van der Waals surface area (Å²) >= 11 is 0. The summed E-state index contributed by atoms with van der Waals surface area (Å²) in [5.74, 6) is 1.45. The Morgan fingerprint density at radius 3 is 2.11 bits per heavy atom. The first-order valence-corrected chi connectivity index (χ1v) is 3.76. The third-order valence-corrected chi connectivity index (χ3v) is 1.72. The Balaban J connectivity index is 3.16. The zero-order chi connectivity index (χ0) is 7.28. The molecule has 0 fully saturated rings. The van der Waals surface area contributed by atoms with Crippen LogP contribution in [0.4, 0.5) is 0 Å². The summed E-state index contributed by atoms with van der Waals surface area (Å²) < 4.78 is 5.26. The van der Waals surface area contributed by atoms with E-state index in [1.165, 1.54) is 0 Å². The lowest BCUT2D eigenvalue weighted by molar-refractivity contribution is 0.0999. The van der Waals surface area contributed by atoms with Gasteiger partial charge >= 0.3 is 0 Å². The van der Waals surface area contributed by atoms with E-state index >= 15 is 0 Å². The van der Waals surface area contributed by atoms with Gasteiger partial charge < -0.3 is 4.74 Å². The minimum absolute atomic E-state index is 0.699. The van der Waals surface area contributed by atoms with Crippen LogP contribution in [0.3, 0.4) is 0 Å². The smallest absolute Gasteiger partial charge is 0.0493 e. The van der Waals surface area contributed by atoms with Gasteiger partial charge in [0.15, 0.2) is 0 Å². The van der Waals surface area contributed by atoms with Crippen LogP contribution in [0.5, 0.6) is 0 Å². The molecule has 1 atom stereocenters. The molecule has 0 aliphatic rings. The lowest BCUT2D eigenvalue weighted by Crippen LogP contribution is -2.11. The number of rotatable bonds is 4. The van der Waals surface area contributed by atoms with Gasteiger partial charge in [-0.25, -0.2) is 0 Å². The van der Waals surface area contributed by atoms with Crippen molar-refractivity contribution in [2.75, 3.05) is 13.2 Å². The molecule has 0 aliphatic carbocycles. The Bertz CT molecular complexity index is 59.6. The van der Waals surface area contributed by atoms with Crippen LogP contribution < -0.4 is 0 Å². The molecule has 0 aromatic carbocycles. The van der Waals surface area contributed by atoms with Crippen molar-refractivity contribution in [2.45, 2.75) is 27.7 Å². The highest BCUT2D eigenvalue weighted by atomic mass is 16.5. The Morgan fingerprint density at radius 1 is 1.22 bits per heavy atom. The average Bonchev–Trinajstić information content (AvgIpc) is 1.82. The molecule has 0 radical (unpaired) electrons. The molecular formula is C8H18O. The molecule has 56 valence electrons. The maximum Gasteiger partial charge on any atom is 0.0493 e. The van der Waals surface area contributed by atoms with Gasteiger partial charge in [-0.15, -0.1) is 0 Å². The van der Waals surface area contributed by atoms with E-state index in [1.54, 1.807) is 0 Å². The van der Waals surface area contributed by atoms with E-state index in [-0.39, 0.29) is 0 Å². The lowest BCUT2D eigenvalue weighted by atomic mass is 9.99. The van der Waals surface area contributed by atoms with Crippen LogP contribution >= 0.6 is 0 Å². The third kappa shape index (κ3) is 4.46. The van der Waals surface area contributed by atoms with Crippen LogP contribution in [0.25, 0.3) is 0 Å². The fourth-order valence-corrected chi connectivity index (χ4v) is 0.496. The molecule has 0 saturated heterocycles. The molecule has 0 amide bonds. The fourth-order valence-electron chi connectivity index (χ4n) is 0.496. The molecule has 0 aromatic rings. The van der Waals surface area contributed by atoms with Crippen molar-refractivity contribution in [2.24, 2.45) is 11.8 Å². The van der Waals surface area contributed by atoms with E-state index in [0.717, 1.165) is 19.1 Å². The Hall–Kier alpha value is -0.0400. The van der Waals surface area contributed by atoms with E-state index in [9.17, 15) is 0 Å². The number of ether oxygens (including phenoxy) is 1. The minimum Gasteiger partial charge on any atom is -0.381 e. The second-order valence-corrected chi connectivity index (χ2v) is 2.88. The van der Waals surface area contributed by atoms with Crippen LogP contribution in [0.15, 0.2) is 0 Å².